The summed E-state index contributed by atoms with van der Waals surface area (Å²) in [5, 5.41) is 3.32. The Morgan fingerprint density at radius 1 is 1.13 bits per heavy atom. The van der Waals surface area contributed by atoms with Crippen molar-refractivity contribution in [1.82, 2.24) is 4.57 Å². The molecule has 23 heavy (non-hydrogen) atoms. The van der Waals surface area contributed by atoms with Gasteiger partial charge in [0.15, 0.2) is 0 Å². The Balaban J connectivity index is 1.57. The summed E-state index contributed by atoms with van der Waals surface area (Å²) in [6, 6.07) is 12.8. The van der Waals surface area contributed by atoms with Crippen LogP contribution in [0, 0.1) is 11.8 Å². The van der Waals surface area contributed by atoms with Gasteiger partial charge in [-0.3, -0.25) is 0 Å². The lowest BCUT2D eigenvalue weighted by Gasteiger charge is -2.24. The third kappa shape index (κ3) is 4.10. The molecule has 3 heteroatoms. The summed E-state index contributed by atoms with van der Waals surface area (Å²) in [7, 11) is 1.68. The molecule has 2 aromatic rings. The third-order valence-electron chi connectivity index (χ3n) is 4.43. The third-order valence-corrected chi connectivity index (χ3v) is 4.43. The van der Waals surface area contributed by atoms with E-state index in [1.807, 2.05) is 24.3 Å². The van der Waals surface area contributed by atoms with E-state index < -0.39 is 0 Å². The normalized spacial score (nSPS) is 14.8. The number of hydrogen-bond donors (Lipinski definition) is 1. The van der Waals surface area contributed by atoms with Crippen LogP contribution in [0.25, 0.3) is 0 Å². The number of hydrogen-bond acceptors (Lipinski definition) is 2. The Bertz CT molecular complexity index is 670. The molecule has 1 aliphatic carbocycles. The monoisotopic (exact) mass is 308 g/mol. The lowest BCUT2D eigenvalue weighted by atomic mass is 9.95. The van der Waals surface area contributed by atoms with Crippen LogP contribution in [0.4, 0.5) is 5.69 Å². The van der Waals surface area contributed by atoms with Crippen molar-refractivity contribution in [2.24, 2.45) is 0 Å². The lowest BCUT2D eigenvalue weighted by molar-refractivity contribution is 0.352. The quantitative estimate of drug-likeness (QED) is 0.844. The van der Waals surface area contributed by atoms with Crippen LogP contribution in [0.1, 0.15) is 43.8 Å². The molecule has 0 saturated heterocycles. The molecule has 0 aliphatic heterocycles. The fourth-order valence-electron chi connectivity index (χ4n) is 3.17. The second-order valence-electron chi connectivity index (χ2n) is 5.98. The lowest BCUT2D eigenvalue weighted by Crippen LogP contribution is -2.13. The van der Waals surface area contributed by atoms with E-state index >= 15 is 0 Å². The summed E-state index contributed by atoms with van der Waals surface area (Å²) in [6.07, 6.45) is 8.81. The number of methoxy groups -OCH3 is 1. The van der Waals surface area contributed by atoms with Gasteiger partial charge in [0, 0.05) is 17.9 Å². The van der Waals surface area contributed by atoms with E-state index in [0.717, 1.165) is 17.1 Å². The number of ether oxygens (including phenoxy) is 1. The van der Waals surface area contributed by atoms with Gasteiger partial charge in [-0.05, 0) is 55.2 Å². The van der Waals surface area contributed by atoms with Gasteiger partial charge in [0.2, 0.25) is 0 Å². The highest BCUT2D eigenvalue weighted by Crippen LogP contribution is 2.29. The van der Waals surface area contributed by atoms with Crippen molar-refractivity contribution in [3.05, 3.63) is 48.3 Å². The number of benzene rings is 1. The summed E-state index contributed by atoms with van der Waals surface area (Å²) >= 11 is 0. The first kappa shape index (κ1) is 15.6. The van der Waals surface area contributed by atoms with Crippen molar-refractivity contribution in [1.29, 1.82) is 0 Å². The van der Waals surface area contributed by atoms with Crippen molar-refractivity contribution in [2.45, 2.75) is 38.1 Å². The predicted molar refractivity (Wildman–Crippen MR) is 94.9 cm³/mol. The highest BCUT2D eigenvalue weighted by atomic mass is 16.5. The molecule has 1 heterocycles. The second kappa shape index (κ2) is 7.78. The maximum atomic E-state index is 5.16. The first-order chi connectivity index (χ1) is 11.4. The zero-order chi connectivity index (χ0) is 15.9. The molecule has 0 amide bonds. The molecular formula is C20H24N2O. The van der Waals surface area contributed by atoms with E-state index in [1.165, 1.54) is 32.1 Å². The van der Waals surface area contributed by atoms with Crippen LogP contribution in [-0.2, 0) is 0 Å². The number of anilines is 1. The summed E-state index contributed by atoms with van der Waals surface area (Å²) in [4.78, 5) is 0. The molecule has 1 aliphatic rings. The van der Waals surface area contributed by atoms with Crippen LogP contribution < -0.4 is 10.1 Å². The van der Waals surface area contributed by atoms with Crippen molar-refractivity contribution in [3.63, 3.8) is 0 Å². The van der Waals surface area contributed by atoms with E-state index in [1.54, 1.807) is 7.11 Å². The van der Waals surface area contributed by atoms with Crippen LogP contribution >= 0.6 is 0 Å². The van der Waals surface area contributed by atoms with Crippen LogP contribution in [0.5, 0.6) is 5.75 Å². The molecule has 120 valence electrons. The van der Waals surface area contributed by atoms with E-state index in [2.05, 4.69) is 40.1 Å². The molecule has 0 unspecified atom stereocenters. The number of aromatic nitrogens is 1. The Morgan fingerprint density at radius 2 is 1.91 bits per heavy atom. The average Bonchev–Trinajstić information content (AvgIpc) is 3.08. The zero-order valence-corrected chi connectivity index (χ0v) is 13.7. The molecule has 1 N–H and O–H groups in total. The zero-order valence-electron chi connectivity index (χ0n) is 13.7. The van der Waals surface area contributed by atoms with Gasteiger partial charge in [-0.15, -0.1) is 0 Å². The minimum atomic E-state index is 0.637. The highest BCUT2D eigenvalue weighted by molar-refractivity contribution is 5.47. The van der Waals surface area contributed by atoms with Crippen LogP contribution in [-0.4, -0.2) is 18.2 Å². The van der Waals surface area contributed by atoms with Gasteiger partial charge in [-0.1, -0.05) is 25.2 Å². The molecule has 3 rings (SSSR count). The smallest absolute Gasteiger partial charge is 0.119 e. The summed E-state index contributed by atoms with van der Waals surface area (Å²) in [6.45, 7) is 0.641. The van der Waals surface area contributed by atoms with Gasteiger partial charge in [-0.25, -0.2) is 0 Å². The van der Waals surface area contributed by atoms with Crippen LogP contribution in [0.2, 0.25) is 0 Å². The minimum absolute atomic E-state index is 0.637. The van der Waals surface area contributed by atoms with Gasteiger partial charge >= 0.3 is 0 Å². The predicted octanol–water partition coefficient (Wildman–Crippen LogP) is 4.47. The largest absolute Gasteiger partial charge is 0.497 e. The molecule has 1 aromatic carbocycles. The van der Waals surface area contributed by atoms with Gasteiger partial charge in [0.25, 0.3) is 0 Å². The van der Waals surface area contributed by atoms with E-state index in [4.69, 9.17) is 4.74 Å². The molecule has 1 fully saturated rings. The topological polar surface area (TPSA) is 26.2 Å². The van der Waals surface area contributed by atoms with Crippen molar-refractivity contribution in [3.8, 4) is 17.6 Å². The summed E-state index contributed by atoms with van der Waals surface area (Å²) < 4.78 is 7.52. The molecule has 0 atom stereocenters. The highest BCUT2D eigenvalue weighted by Gasteiger charge is 2.15. The summed E-state index contributed by atoms with van der Waals surface area (Å²) in [5.74, 6) is 7.41. The van der Waals surface area contributed by atoms with Crippen LogP contribution in [0.15, 0.2) is 42.6 Å². The molecule has 1 aromatic heterocycles. The standard InChI is InChI=1S/C20H24N2O/c1-23-20-13-11-17(12-14-20)21-15-5-9-19-10-6-16-22(19)18-7-3-2-4-8-18/h6,10-14,16,18,21H,2-4,7-8,15H2,1H3. The van der Waals surface area contributed by atoms with Gasteiger partial charge in [-0.2, -0.15) is 0 Å². The van der Waals surface area contributed by atoms with E-state index in [0.29, 0.717) is 12.6 Å². The molecule has 0 bridgehead atoms. The fraction of sp³-hybridized carbons (Fsp3) is 0.400. The van der Waals surface area contributed by atoms with Crippen LogP contribution in [0.3, 0.4) is 0 Å². The SMILES string of the molecule is COc1ccc(NCC#Cc2cccn2C2CCCCC2)cc1. The average molecular weight is 308 g/mol. The number of rotatable bonds is 4. The molecule has 1 saturated carbocycles. The van der Waals surface area contributed by atoms with Gasteiger partial charge < -0.3 is 14.6 Å². The van der Waals surface area contributed by atoms with E-state index in [-0.39, 0.29) is 0 Å². The van der Waals surface area contributed by atoms with Gasteiger partial charge in [0.1, 0.15) is 5.75 Å². The second-order valence-corrected chi connectivity index (χ2v) is 5.98. The van der Waals surface area contributed by atoms with Gasteiger partial charge in [0.05, 0.1) is 19.3 Å². The maximum Gasteiger partial charge on any atom is 0.119 e. The molecular weight excluding hydrogens is 284 g/mol. The molecule has 0 spiro atoms. The Hall–Kier alpha value is -2.34. The first-order valence-corrected chi connectivity index (χ1v) is 8.40. The molecule has 0 radical (unpaired) electrons. The first-order valence-electron chi connectivity index (χ1n) is 8.40. The molecule has 3 nitrogen and oxygen atoms in total. The van der Waals surface area contributed by atoms with E-state index in [9.17, 15) is 0 Å². The summed E-state index contributed by atoms with van der Waals surface area (Å²) in [5.41, 5.74) is 2.19. The fourth-order valence-corrected chi connectivity index (χ4v) is 3.17. The van der Waals surface area contributed by atoms with Crippen molar-refractivity contribution in [2.75, 3.05) is 19.0 Å². The van der Waals surface area contributed by atoms with Crippen molar-refractivity contribution >= 4 is 5.69 Å². The van der Waals surface area contributed by atoms with Crippen molar-refractivity contribution < 1.29 is 4.74 Å². The Morgan fingerprint density at radius 3 is 2.65 bits per heavy atom. The number of nitrogens with one attached hydrogen (secondary N) is 1. The number of nitrogens with zero attached hydrogens (tertiary/aromatic N) is 1. The Labute approximate surface area is 138 Å². The maximum absolute atomic E-state index is 5.16. The minimum Gasteiger partial charge on any atom is -0.497 e. The Kier molecular flexibility index (Phi) is 5.26.